The van der Waals surface area contributed by atoms with E-state index in [9.17, 15) is 15.0 Å². The summed E-state index contributed by atoms with van der Waals surface area (Å²) < 4.78 is 0. The summed E-state index contributed by atoms with van der Waals surface area (Å²) >= 11 is 0. The third-order valence-corrected chi connectivity index (χ3v) is 3.62. The molecule has 1 aromatic carbocycles. The molecule has 1 unspecified atom stereocenters. The van der Waals surface area contributed by atoms with E-state index in [1.54, 1.807) is 6.92 Å². The summed E-state index contributed by atoms with van der Waals surface area (Å²) in [5.74, 6) is -1.15. The number of hydrogen-bond acceptors (Lipinski definition) is 4. The van der Waals surface area contributed by atoms with Crippen molar-refractivity contribution in [2.24, 2.45) is 0 Å². The predicted molar refractivity (Wildman–Crippen MR) is 90.0 cm³/mol. The molecular weight excluding hydrogens is 294 g/mol. The first kappa shape index (κ1) is 20.9. The molecule has 0 radical (unpaired) electrons. The highest BCUT2D eigenvalue weighted by atomic mass is 16.4. The van der Waals surface area contributed by atoms with Gasteiger partial charge in [-0.05, 0) is 34.4 Å². The average molecular weight is 321 g/mol. The van der Waals surface area contributed by atoms with Crippen LogP contribution in [0.2, 0.25) is 0 Å². The van der Waals surface area contributed by atoms with Crippen LogP contribution in [-0.4, -0.2) is 22.3 Å². The lowest BCUT2D eigenvalue weighted by atomic mass is 9.77. The Morgan fingerprint density at radius 1 is 1.09 bits per heavy atom. The van der Waals surface area contributed by atoms with Gasteiger partial charge in [-0.1, -0.05) is 53.7 Å². The van der Waals surface area contributed by atoms with Crippen LogP contribution in [0.25, 0.3) is 0 Å². The van der Waals surface area contributed by atoms with Gasteiger partial charge in [0.15, 0.2) is 0 Å². The van der Waals surface area contributed by atoms with Crippen LogP contribution in [0.3, 0.4) is 0 Å². The Kier molecular flexibility index (Phi) is 6.74. The third kappa shape index (κ3) is 5.53. The SMILES string of the molecule is CC(C(=O)O)c1cc(C(C)(C)C)c(O)c(C(C)(C)C)c1.N=C=O. The van der Waals surface area contributed by atoms with Crippen molar-refractivity contribution in [3.63, 3.8) is 0 Å². The van der Waals surface area contributed by atoms with E-state index < -0.39 is 11.9 Å². The molecule has 0 saturated carbocycles. The van der Waals surface area contributed by atoms with Gasteiger partial charge in [-0.15, -0.1) is 0 Å². The standard InChI is InChI=1S/C17H26O3.CHNO/c1-10(15(19)20)11-8-12(16(2,3)4)14(18)13(9-11)17(5,6)7;2-1-3/h8-10,18H,1-7H3,(H,19,20);2H. The summed E-state index contributed by atoms with van der Waals surface area (Å²) in [5, 5.41) is 25.2. The molecular formula is C18H27NO4. The summed E-state index contributed by atoms with van der Waals surface area (Å²) in [6.07, 6.45) is 0.750. The number of phenols is 1. The maximum absolute atomic E-state index is 11.2. The van der Waals surface area contributed by atoms with Gasteiger partial charge in [-0.2, -0.15) is 0 Å². The lowest BCUT2D eigenvalue weighted by Gasteiger charge is -2.28. The number of aliphatic carboxylic acids is 1. The van der Waals surface area contributed by atoms with E-state index in [4.69, 9.17) is 10.2 Å². The lowest BCUT2D eigenvalue weighted by Crippen LogP contribution is -2.19. The molecule has 0 heterocycles. The molecule has 0 aliphatic carbocycles. The number of isocyanates is 1. The number of nitrogens with one attached hydrogen (secondary N) is 1. The molecule has 0 aliphatic heterocycles. The number of benzene rings is 1. The maximum Gasteiger partial charge on any atom is 0.310 e. The van der Waals surface area contributed by atoms with Crippen LogP contribution < -0.4 is 0 Å². The smallest absolute Gasteiger partial charge is 0.310 e. The minimum absolute atomic E-state index is 0.238. The van der Waals surface area contributed by atoms with E-state index in [0.29, 0.717) is 0 Å². The monoisotopic (exact) mass is 321 g/mol. The topological polar surface area (TPSA) is 98.4 Å². The number of aromatic hydroxyl groups is 1. The number of hydrogen-bond donors (Lipinski definition) is 3. The Morgan fingerprint density at radius 2 is 1.39 bits per heavy atom. The number of carbonyl (C=O) groups excluding carboxylic acids is 1. The lowest BCUT2D eigenvalue weighted by molar-refractivity contribution is -0.138. The summed E-state index contributed by atoms with van der Waals surface area (Å²) in [5.41, 5.74) is 1.86. The van der Waals surface area contributed by atoms with Crippen LogP contribution in [0.5, 0.6) is 5.75 Å². The van der Waals surface area contributed by atoms with Crippen LogP contribution in [0.4, 0.5) is 0 Å². The van der Waals surface area contributed by atoms with Gasteiger partial charge in [-0.25, -0.2) is 10.2 Å². The first-order valence-electron chi connectivity index (χ1n) is 7.41. The molecule has 5 heteroatoms. The maximum atomic E-state index is 11.2. The molecule has 0 spiro atoms. The second-order valence-electron chi connectivity index (χ2n) is 7.63. The zero-order valence-electron chi connectivity index (χ0n) is 14.9. The molecule has 0 saturated heterocycles. The van der Waals surface area contributed by atoms with Crippen LogP contribution in [0.1, 0.15) is 71.1 Å². The highest BCUT2D eigenvalue weighted by molar-refractivity contribution is 5.76. The van der Waals surface area contributed by atoms with E-state index in [2.05, 4.69) is 0 Å². The van der Waals surface area contributed by atoms with E-state index in [-0.39, 0.29) is 16.6 Å². The first-order valence-corrected chi connectivity index (χ1v) is 7.41. The molecule has 0 fully saturated rings. The van der Waals surface area contributed by atoms with Crippen molar-refractivity contribution >= 4 is 12.0 Å². The number of carbonyl (C=O) groups is 1. The molecule has 1 atom stereocenters. The molecule has 5 nitrogen and oxygen atoms in total. The van der Waals surface area contributed by atoms with E-state index in [1.165, 1.54) is 0 Å². The zero-order chi connectivity index (χ0) is 18.6. The van der Waals surface area contributed by atoms with Crippen LogP contribution in [0.15, 0.2) is 12.1 Å². The number of carboxylic acids is 1. The Balaban J connectivity index is 0.00000149. The molecule has 0 amide bonds. The zero-order valence-corrected chi connectivity index (χ0v) is 14.9. The molecule has 1 rings (SSSR count). The minimum atomic E-state index is -0.851. The number of phenolic OH excluding ortho intramolecular Hbond substituents is 1. The van der Waals surface area contributed by atoms with Crippen molar-refractivity contribution in [2.45, 2.75) is 65.2 Å². The van der Waals surface area contributed by atoms with E-state index in [0.717, 1.165) is 22.8 Å². The summed E-state index contributed by atoms with van der Waals surface area (Å²) in [4.78, 5) is 19.6. The molecule has 0 aliphatic rings. The Morgan fingerprint density at radius 3 is 1.61 bits per heavy atom. The van der Waals surface area contributed by atoms with Gasteiger partial charge in [0.2, 0.25) is 6.08 Å². The van der Waals surface area contributed by atoms with Gasteiger partial charge in [0.1, 0.15) is 5.75 Å². The van der Waals surface area contributed by atoms with Crippen molar-refractivity contribution in [3.8, 4) is 5.75 Å². The second kappa shape index (κ2) is 7.42. The van der Waals surface area contributed by atoms with E-state index in [1.807, 2.05) is 53.7 Å². The van der Waals surface area contributed by atoms with Gasteiger partial charge >= 0.3 is 5.97 Å². The fourth-order valence-corrected chi connectivity index (χ4v) is 2.19. The van der Waals surface area contributed by atoms with Crippen molar-refractivity contribution in [2.75, 3.05) is 0 Å². The van der Waals surface area contributed by atoms with Crippen LogP contribution >= 0.6 is 0 Å². The Hall–Kier alpha value is -2.13. The van der Waals surface area contributed by atoms with Crippen molar-refractivity contribution in [1.29, 1.82) is 5.41 Å². The average Bonchev–Trinajstić information content (AvgIpc) is 2.36. The highest BCUT2D eigenvalue weighted by Crippen LogP contribution is 2.41. The second-order valence-corrected chi connectivity index (χ2v) is 7.63. The molecule has 1 aromatic rings. The summed E-state index contributed by atoms with van der Waals surface area (Å²) in [7, 11) is 0. The van der Waals surface area contributed by atoms with Gasteiger partial charge < -0.3 is 10.2 Å². The van der Waals surface area contributed by atoms with Crippen molar-refractivity contribution in [3.05, 3.63) is 28.8 Å². The van der Waals surface area contributed by atoms with Crippen molar-refractivity contribution < 1.29 is 19.8 Å². The van der Waals surface area contributed by atoms with Crippen LogP contribution in [0, 0.1) is 5.41 Å². The van der Waals surface area contributed by atoms with Crippen LogP contribution in [-0.2, 0) is 20.4 Å². The molecule has 0 aromatic heterocycles. The quantitative estimate of drug-likeness (QED) is 0.564. The molecule has 23 heavy (non-hydrogen) atoms. The summed E-state index contributed by atoms with van der Waals surface area (Å²) in [6.45, 7) is 13.8. The highest BCUT2D eigenvalue weighted by Gasteiger charge is 2.28. The predicted octanol–water partition coefficient (Wildman–Crippen LogP) is 4.08. The Labute approximate surface area is 137 Å². The first-order chi connectivity index (χ1) is 10.3. The fraction of sp³-hybridized carbons (Fsp3) is 0.556. The fourth-order valence-electron chi connectivity index (χ4n) is 2.19. The molecule has 128 valence electrons. The number of rotatable bonds is 2. The third-order valence-electron chi connectivity index (χ3n) is 3.62. The van der Waals surface area contributed by atoms with Gasteiger partial charge in [0, 0.05) is 0 Å². The molecule has 3 N–H and O–H groups in total. The Bertz CT molecular complexity index is 565. The van der Waals surface area contributed by atoms with Gasteiger partial charge in [0.05, 0.1) is 5.92 Å². The molecule has 0 bridgehead atoms. The normalized spacial score (nSPS) is 12.7. The van der Waals surface area contributed by atoms with Gasteiger partial charge in [0.25, 0.3) is 0 Å². The number of carboxylic acid groups (broad SMARTS) is 1. The largest absolute Gasteiger partial charge is 0.507 e. The minimum Gasteiger partial charge on any atom is -0.507 e. The van der Waals surface area contributed by atoms with Gasteiger partial charge in [-0.3, -0.25) is 4.79 Å². The summed E-state index contributed by atoms with van der Waals surface area (Å²) in [6, 6.07) is 3.65. The van der Waals surface area contributed by atoms with Crippen molar-refractivity contribution in [1.82, 2.24) is 0 Å². The van der Waals surface area contributed by atoms with E-state index >= 15 is 0 Å².